The number of hydrogen-bond acceptors (Lipinski definition) is 5. The second kappa shape index (κ2) is 6.56. The van der Waals surface area contributed by atoms with Crippen LogP contribution in [0, 0.1) is 0 Å². The van der Waals surface area contributed by atoms with Crippen molar-refractivity contribution in [2.24, 2.45) is 0 Å². The lowest BCUT2D eigenvalue weighted by atomic mass is 10.0. The number of carbonyl (C=O) groups excluding carboxylic acids is 2. The van der Waals surface area contributed by atoms with E-state index in [9.17, 15) is 9.59 Å². The molecule has 7 nitrogen and oxygen atoms in total. The zero-order valence-corrected chi connectivity index (χ0v) is 15.5. The van der Waals surface area contributed by atoms with E-state index >= 15 is 0 Å². The molecule has 0 bridgehead atoms. The van der Waals surface area contributed by atoms with E-state index in [1.165, 1.54) is 11.1 Å². The first kappa shape index (κ1) is 17.1. The predicted molar refractivity (Wildman–Crippen MR) is 107 cm³/mol. The van der Waals surface area contributed by atoms with Gasteiger partial charge in [-0.2, -0.15) is 5.10 Å². The maximum atomic E-state index is 13.2. The van der Waals surface area contributed by atoms with Gasteiger partial charge in [-0.05, 0) is 29.8 Å². The van der Waals surface area contributed by atoms with Crippen molar-refractivity contribution in [3.63, 3.8) is 0 Å². The average Bonchev–Trinajstić information content (AvgIpc) is 3.29. The normalized spacial score (nSPS) is 13.2. The van der Waals surface area contributed by atoms with Crippen LogP contribution in [0.25, 0.3) is 22.3 Å². The molecule has 0 atom stereocenters. The van der Waals surface area contributed by atoms with Crippen LogP contribution >= 0.6 is 0 Å². The first-order valence-electron chi connectivity index (χ1n) is 9.09. The van der Waals surface area contributed by atoms with Crippen molar-refractivity contribution in [3.8, 4) is 17.0 Å². The molecule has 2 aromatic heterocycles. The third-order valence-corrected chi connectivity index (χ3v) is 5.08. The SMILES string of the molecule is COc1ccc(-c2[nH]nc3ncc4c(c23)C(=O)N(Cc2ccccc2)C4=O)cc1. The van der Waals surface area contributed by atoms with Crippen LogP contribution in [0.4, 0.5) is 0 Å². The molecule has 1 aliphatic rings. The summed E-state index contributed by atoms with van der Waals surface area (Å²) in [6.07, 6.45) is 1.43. The maximum Gasteiger partial charge on any atom is 0.263 e. The molecule has 29 heavy (non-hydrogen) atoms. The lowest BCUT2D eigenvalue weighted by molar-refractivity contribution is 0.0643. The number of aromatic amines is 1. The Bertz CT molecular complexity index is 1250. The summed E-state index contributed by atoms with van der Waals surface area (Å²) in [7, 11) is 1.60. The molecule has 1 aliphatic heterocycles. The van der Waals surface area contributed by atoms with E-state index in [2.05, 4.69) is 15.2 Å². The van der Waals surface area contributed by atoms with Crippen LogP contribution in [0.3, 0.4) is 0 Å². The van der Waals surface area contributed by atoms with Gasteiger partial charge in [0, 0.05) is 11.8 Å². The van der Waals surface area contributed by atoms with Crippen molar-refractivity contribution in [2.75, 3.05) is 7.11 Å². The molecule has 3 heterocycles. The molecule has 0 spiro atoms. The smallest absolute Gasteiger partial charge is 0.263 e. The van der Waals surface area contributed by atoms with Gasteiger partial charge in [0.2, 0.25) is 0 Å². The number of hydrogen-bond donors (Lipinski definition) is 1. The molecular formula is C22H16N4O3. The molecule has 2 aromatic carbocycles. The maximum absolute atomic E-state index is 13.2. The summed E-state index contributed by atoms with van der Waals surface area (Å²) in [6.45, 7) is 0.213. The van der Waals surface area contributed by atoms with Crippen molar-refractivity contribution in [1.82, 2.24) is 20.1 Å². The van der Waals surface area contributed by atoms with E-state index in [0.29, 0.717) is 27.9 Å². The molecule has 0 radical (unpaired) electrons. The van der Waals surface area contributed by atoms with Crippen LogP contribution in [-0.2, 0) is 6.54 Å². The highest BCUT2D eigenvalue weighted by atomic mass is 16.5. The Labute approximate surface area is 165 Å². The molecule has 1 N–H and O–H groups in total. The first-order valence-corrected chi connectivity index (χ1v) is 9.09. The number of rotatable bonds is 4. The third-order valence-electron chi connectivity index (χ3n) is 5.08. The fourth-order valence-electron chi connectivity index (χ4n) is 3.62. The highest BCUT2D eigenvalue weighted by molar-refractivity contribution is 6.27. The van der Waals surface area contributed by atoms with Gasteiger partial charge in [-0.25, -0.2) is 4.98 Å². The molecule has 0 fully saturated rings. The van der Waals surface area contributed by atoms with Gasteiger partial charge in [-0.1, -0.05) is 30.3 Å². The topological polar surface area (TPSA) is 88.2 Å². The molecule has 0 saturated heterocycles. The van der Waals surface area contributed by atoms with Gasteiger partial charge < -0.3 is 4.74 Å². The van der Waals surface area contributed by atoms with Crippen LogP contribution in [0.1, 0.15) is 26.3 Å². The van der Waals surface area contributed by atoms with Gasteiger partial charge in [-0.3, -0.25) is 19.6 Å². The van der Waals surface area contributed by atoms with E-state index in [4.69, 9.17) is 4.74 Å². The number of imide groups is 1. The zero-order valence-electron chi connectivity index (χ0n) is 15.5. The van der Waals surface area contributed by atoms with Crippen LogP contribution in [-0.4, -0.2) is 39.0 Å². The number of benzene rings is 2. The Morgan fingerprint density at radius 2 is 1.76 bits per heavy atom. The molecular weight excluding hydrogens is 368 g/mol. The number of nitrogens with zero attached hydrogens (tertiary/aromatic N) is 3. The lowest BCUT2D eigenvalue weighted by Crippen LogP contribution is -2.29. The van der Waals surface area contributed by atoms with E-state index in [1.54, 1.807) is 7.11 Å². The van der Waals surface area contributed by atoms with Gasteiger partial charge >= 0.3 is 0 Å². The number of aromatic nitrogens is 3. The summed E-state index contributed by atoms with van der Waals surface area (Å²) in [5, 5.41) is 7.75. The number of ether oxygens (including phenoxy) is 1. The Morgan fingerprint density at radius 1 is 1.00 bits per heavy atom. The van der Waals surface area contributed by atoms with Crippen molar-refractivity contribution in [1.29, 1.82) is 0 Å². The van der Waals surface area contributed by atoms with Gasteiger partial charge in [-0.15, -0.1) is 0 Å². The molecule has 4 aromatic rings. The van der Waals surface area contributed by atoms with Gasteiger partial charge in [0.15, 0.2) is 5.65 Å². The molecule has 142 valence electrons. The van der Waals surface area contributed by atoms with Gasteiger partial charge in [0.05, 0.1) is 35.9 Å². The highest BCUT2D eigenvalue weighted by Gasteiger charge is 2.38. The zero-order chi connectivity index (χ0) is 20.0. The summed E-state index contributed by atoms with van der Waals surface area (Å²) in [4.78, 5) is 31.7. The largest absolute Gasteiger partial charge is 0.497 e. The van der Waals surface area contributed by atoms with Gasteiger partial charge in [0.1, 0.15) is 5.75 Å². The van der Waals surface area contributed by atoms with Crippen LogP contribution in [0.5, 0.6) is 5.75 Å². The Balaban J connectivity index is 1.62. The fourth-order valence-corrected chi connectivity index (χ4v) is 3.62. The van der Waals surface area contributed by atoms with Crippen LogP contribution in [0.15, 0.2) is 60.8 Å². The highest BCUT2D eigenvalue weighted by Crippen LogP contribution is 2.35. The number of methoxy groups -OCH3 is 1. The second-order valence-corrected chi connectivity index (χ2v) is 6.75. The summed E-state index contributed by atoms with van der Waals surface area (Å²) >= 11 is 0. The van der Waals surface area contributed by atoms with Crippen molar-refractivity contribution < 1.29 is 14.3 Å². The van der Waals surface area contributed by atoms with Crippen LogP contribution < -0.4 is 4.74 Å². The number of nitrogens with one attached hydrogen (secondary N) is 1. The second-order valence-electron chi connectivity index (χ2n) is 6.75. The summed E-state index contributed by atoms with van der Waals surface area (Å²) in [6, 6.07) is 16.8. The Morgan fingerprint density at radius 3 is 2.48 bits per heavy atom. The summed E-state index contributed by atoms with van der Waals surface area (Å²) in [5.74, 6) is 0.0452. The average molecular weight is 384 g/mol. The third kappa shape index (κ3) is 2.67. The molecule has 7 heteroatoms. The quantitative estimate of drug-likeness (QED) is 0.545. The lowest BCUT2D eigenvalue weighted by Gasteiger charge is -2.13. The minimum Gasteiger partial charge on any atom is -0.497 e. The Hall–Kier alpha value is -4.00. The van der Waals surface area contributed by atoms with Crippen LogP contribution in [0.2, 0.25) is 0 Å². The predicted octanol–water partition coefficient (Wildman–Crippen LogP) is 3.43. The minimum atomic E-state index is -0.342. The Kier molecular flexibility index (Phi) is 3.87. The standard InChI is InChI=1S/C22H16N4O3/c1-29-15-9-7-14(8-10-15)19-18-17-16(11-23-20(18)25-24-19)21(27)26(22(17)28)12-13-5-3-2-4-6-13/h2-11H,12H2,1H3,(H,23,24,25). The monoisotopic (exact) mass is 384 g/mol. The van der Waals surface area contributed by atoms with E-state index < -0.39 is 0 Å². The number of pyridine rings is 1. The number of amides is 2. The fraction of sp³-hybridized carbons (Fsp3) is 0.0909. The first-order chi connectivity index (χ1) is 14.2. The van der Waals surface area contributed by atoms with E-state index in [0.717, 1.165) is 16.9 Å². The summed E-state index contributed by atoms with van der Waals surface area (Å²) < 4.78 is 5.21. The number of H-pyrrole nitrogens is 1. The van der Waals surface area contributed by atoms with E-state index in [1.807, 2.05) is 54.6 Å². The molecule has 0 saturated carbocycles. The molecule has 5 rings (SSSR count). The van der Waals surface area contributed by atoms with Crippen molar-refractivity contribution in [3.05, 3.63) is 77.5 Å². The number of carbonyl (C=O) groups is 2. The molecule has 0 aliphatic carbocycles. The van der Waals surface area contributed by atoms with E-state index in [-0.39, 0.29) is 18.4 Å². The molecule has 0 unspecified atom stereocenters. The molecule has 2 amide bonds. The van der Waals surface area contributed by atoms with Crippen molar-refractivity contribution >= 4 is 22.8 Å². The van der Waals surface area contributed by atoms with Gasteiger partial charge in [0.25, 0.3) is 11.8 Å². The minimum absolute atomic E-state index is 0.213. The van der Waals surface area contributed by atoms with Crippen molar-refractivity contribution in [2.45, 2.75) is 6.54 Å². The number of fused-ring (bicyclic) bond motifs is 3. The summed E-state index contributed by atoms with van der Waals surface area (Å²) in [5.41, 5.74) is 3.40.